The average molecular weight is 603 g/mol. The second-order valence-electron chi connectivity index (χ2n) is 4.94. The minimum Gasteiger partial charge on any atom is -0.435 e. The normalized spacial score (nSPS) is 12.8. The minimum atomic E-state index is -0.451. The zero-order chi connectivity index (χ0) is 18.7. The van der Waals surface area contributed by atoms with Crippen LogP contribution in [0.25, 0.3) is 0 Å². The Kier molecular flexibility index (Phi) is 29.1. The molecule has 7 heteroatoms. The summed E-state index contributed by atoms with van der Waals surface area (Å²) >= 11 is 0. The Labute approximate surface area is 141 Å². The summed E-state index contributed by atoms with van der Waals surface area (Å²) in [5.74, 6) is -0.451. The second kappa shape index (κ2) is 23.3. The van der Waals surface area contributed by atoms with Gasteiger partial charge in [0.1, 0.15) is 6.79 Å². The number of carbonyl (C=O) groups excluding carboxylic acids is 1. The van der Waals surface area contributed by atoms with Crippen LogP contribution in [0.3, 0.4) is 0 Å². The van der Waals surface area contributed by atoms with Gasteiger partial charge in [-0.1, -0.05) is 27.4 Å². The fraction of sp³-hybridized carbons (Fsp3) is 0.824. The maximum absolute atomic E-state index is 10.5. The monoisotopic (exact) mass is 603 g/mol. The van der Waals surface area contributed by atoms with E-state index in [1.807, 2.05) is 34.6 Å². The number of hydrogen-bond acceptors (Lipinski definition) is 6. The SMILES string of the molecule is C=CC(=O)OCOC(C)CC.CCC(C)O.CCC(C)OCO.[Rf]. The second-order valence-corrected chi connectivity index (χ2v) is 4.94. The van der Waals surface area contributed by atoms with Gasteiger partial charge in [-0.05, 0) is 40.0 Å². The fourth-order valence-electron chi connectivity index (χ4n) is 0.630. The van der Waals surface area contributed by atoms with Gasteiger partial charge in [0.15, 0.2) is 6.79 Å². The first-order valence-electron chi connectivity index (χ1n) is 8.10. The van der Waals surface area contributed by atoms with E-state index in [4.69, 9.17) is 19.7 Å². The molecule has 0 amide bonds. The van der Waals surface area contributed by atoms with Crippen LogP contribution in [0.1, 0.15) is 60.8 Å². The molecule has 0 radical (unpaired) electrons. The van der Waals surface area contributed by atoms with Crippen molar-refractivity contribution in [2.24, 2.45) is 0 Å². The first-order chi connectivity index (χ1) is 10.8. The van der Waals surface area contributed by atoms with Crippen molar-refractivity contribution in [3.8, 4) is 0 Å². The van der Waals surface area contributed by atoms with Crippen LogP contribution in [0.4, 0.5) is 0 Å². The largest absolute Gasteiger partial charge is 0.435 e. The molecule has 0 rings (SSSR count). The van der Waals surface area contributed by atoms with Crippen molar-refractivity contribution < 1.29 is 29.2 Å². The summed E-state index contributed by atoms with van der Waals surface area (Å²) in [6.07, 6.45) is 4.05. The van der Waals surface area contributed by atoms with Crippen LogP contribution < -0.4 is 0 Å². The van der Waals surface area contributed by atoms with Gasteiger partial charge in [0.05, 0.1) is 18.3 Å². The first-order valence-corrected chi connectivity index (χ1v) is 8.10. The predicted octanol–water partition coefficient (Wildman–Crippen LogP) is 3.02. The van der Waals surface area contributed by atoms with E-state index in [2.05, 4.69) is 11.3 Å². The summed E-state index contributed by atoms with van der Waals surface area (Å²) in [6, 6.07) is 0. The van der Waals surface area contributed by atoms with Crippen LogP contribution in [0, 0.1) is 0 Å². The van der Waals surface area contributed by atoms with Gasteiger partial charge in [-0.3, -0.25) is 0 Å². The first kappa shape index (κ1) is 30.0. The number of hydrogen-bond donors (Lipinski definition) is 2. The van der Waals surface area contributed by atoms with E-state index in [9.17, 15) is 4.79 Å². The van der Waals surface area contributed by atoms with Gasteiger partial charge < -0.3 is 24.4 Å². The van der Waals surface area contributed by atoms with Crippen LogP contribution in [-0.4, -0.2) is 48.1 Å². The number of carbonyl (C=O) groups is 1. The van der Waals surface area contributed by atoms with Gasteiger partial charge in [-0.2, -0.15) is 0 Å². The molecule has 0 heterocycles. The van der Waals surface area contributed by atoms with Crippen molar-refractivity contribution in [1.82, 2.24) is 0 Å². The number of esters is 1. The summed E-state index contributed by atoms with van der Waals surface area (Å²) in [4.78, 5) is 10.5. The van der Waals surface area contributed by atoms with E-state index in [0.29, 0.717) is 0 Å². The molecule has 0 saturated carbocycles. The van der Waals surface area contributed by atoms with Crippen molar-refractivity contribution in [3.05, 3.63) is 12.7 Å². The van der Waals surface area contributed by atoms with Crippen LogP contribution >= 0.6 is 0 Å². The van der Waals surface area contributed by atoms with E-state index in [-0.39, 0.29) is 31.9 Å². The summed E-state index contributed by atoms with van der Waals surface area (Å²) in [5.41, 5.74) is 0. The van der Waals surface area contributed by atoms with E-state index < -0.39 is 5.97 Å². The maximum atomic E-state index is 10.5. The molecule has 0 aliphatic rings. The van der Waals surface area contributed by atoms with Crippen molar-refractivity contribution in [2.45, 2.75) is 79.1 Å². The Morgan fingerprint density at radius 2 is 1.46 bits per heavy atom. The van der Waals surface area contributed by atoms with Crippen LogP contribution in [0.15, 0.2) is 12.7 Å². The molecule has 3 atom stereocenters. The predicted molar refractivity (Wildman–Crippen MR) is 91.9 cm³/mol. The number of rotatable bonds is 9. The number of ether oxygens (including phenoxy) is 3. The van der Waals surface area contributed by atoms with E-state index in [1.54, 1.807) is 6.92 Å². The topological polar surface area (TPSA) is 85.2 Å². The van der Waals surface area contributed by atoms with Crippen LogP contribution in [0.5, 0.6) is 0 Å². The molecule has 0 aliphatic carbocycles. The van der Waals surface area contributed by atoms with E-state index >= 15 is 0 Å². The number of aliphatic hydroxyl groups excluding tert-OH is 2. The summed E-state index contributed by atoms with van der Waals surface area (Å²) in [7, 11) is 0. The summed E-state index contributed by atoms with van der Waals surface area (Å²) < 4.78 is 14.4. The fourth-order valence-corrected chi connectivity index (χ4v) is 0.630. The van der Waals surface area contributed by atoms with Crippen molar-refractivity contribution in [2.75, 3.05) is 13.6 Å². The third-order valence-electron chi connectivity index (χ3n) is 2.82. The van der Waals surface area contributed by atoms with Gasteiger partial charge in [-0.15, -0.1) is 0 Å². The van der Waals surface area contributed by atoms with Crippen LogP contribution in [0.2, 0.25) is 0 Å². The quantitative estimate of drug-likeness (QED) is 0.240. The molecule has 0 fully saturated rings. The molecule has 3 unspecified atom stereocenters. The maximum Gasteiger partial charge on any atom is 0.332 e. The molecule has 0 saturated heterocycles. The van der Waals surface area contributed by atoms with Gasteiger partial charge in [0, 0.05) is 6.08 Å². The van der Waals surface area contributed by atoms with Crippen LogP contribution in [-0.2, 0) is 19.0 Å². The molecule has 6 nitrogen and oxygen atoms in total. The van der Waals surface area contributed by atoms with E-state index in [1.165, 1.54) is 0 Å². The Morgan fingerprint density at radius 3 is 1.71 bits per heavy atom. The smallest absolute Gasteiger partial charge is 0.332 e. The molecule has 0 bridgehead atoms. The molecule has 0 aromatic carbocycles. The molecule has 2 N–H and O–H groups in total. The van der Waals surface area contributed by atoms with Gasteiger partial charge >= 0.3 is 5.97 Å². The Hall–Kier alpha value is -1.95. The van der Waals surface area contributed by atoms with Crippen molar-refractivity contribution >= 4 is 5.97 Å². The summed E-state index contributed by atoms with van der Waals surface area (Å²) in [5, 5.41) is 16.5. The van der Waals surface area contributed by atoms with Gasteiger partial charge in [0.25, 0.3) is 0 Å². The Morgan fingerprint density at radius 1 is 1.04 bits per heavy atom. The standard InChI is InChI=1S/C8H14O3.C5H12O2.C4H10O.Rf/c1-4-7(3)10-6-11-8(9)5-2;1-3-5(2)7-4-6;1-3-4(2)5;/h5,7H,2,4,6H2,1,3H3;5-6H,3-4H2,1-2H3;4-5H,3H2,1-2H3;. The van der Waals surface area contributed by atoms with Crippen molar-refractivity contribution in [1.29, 1.82) is 0 Å². The molecule has 24 heavy (non-hydrogen) atoms. The minimum absolute atomic E-state index is 0. The third kappa shape index (κ3) is 32.1. The molecular weight excluding hydrogens is 567 g/mol. The Bertz CT molecular complexity index is 261. The molecule has 0 aromatic heterocycles. The zero-order valence-electron chi connectivity index (χ0n) is 16.3. The molecule has 142 valence electrons. The van der Waals surface area contributed by atoms with Gasteiger partial charge in [-0.25, -0.2) is 4.79 Å². The van der Waals surface area contributed by atoms with Gasteiger partial charge in [0.2, 0.25) is 0 Å². The zero-order valence-corrected chi connectivity index (χ0v) is 22.7. The summed E-state index contributed by atoms with van der Waals surface area (Å²) in [6.45, 7) is 14.7. The third-order valence-corrected chi connectivity index (χ3v) is 2.82. The van der Waals surface area contributed by atoms with E-state index in [0.717, 1.165) is 25.3 Å². The number of aliphatic hydroxyl groups is 2. The van der Waals surface area contributed by atoms with Crippen molar-refractivity contribution in [3.63, 3.8) is 0 Å². The molecule has 0 aliphatic heterocycles. The molecular formula is C17H36O6Rf. The Balaban J connectivity index is -0.000000133. The molecule has 0 spiro atoms. The average Bonchev–Trinajstić information content (AvgIpc) is 2.55. The molecule has 0 aromatic rings.